The molecule has 0 radical (unpaired) electrons. The molecule has 0 saturated carbocycles. The van der Waals surface area contributed by atoms with Crippen LogP contribution < -0.4 is 0 Å². The van der Waals surface area contributed by atoms with Gasteiger partial charge >= 0.3 is 0 Å². The van der Waals surface area contributed by atoms with Gasteiger partial charge in [-0.25, -0.2) is 0 Å². The maximum atomic E-state index is 4.20. The van der Waals surface area contributed by atoms with Gasteiger partial charge in [-0.15, -0.1) is 0 Å². The minimum atomic E-state index is 0.383. The van der Waals surface area contributed by atoms with Crippen LogP contribution >= 0.6 is 0 Å². The highest BCUT2D eigenvalue weighted by atomic mass is 14.7. The Morgan fingerprint density at radius 2 is 1.94 bits per heavy atom. The van der Waals surface area contributed by atoms with Gasteiger partial charge in [-0.05, 0) is 17.2 Å². The third-order valence-electron chi connectivity index (χ3n) is 3.28. The average Bonchev–Trinajstić information content (AvgIpc) is 2.83. The molecule has 2 nitrogen and oxygen atoms in total. The van der Waals surface area contributed by atoms with Crippen LogP contribution in [0.5, 0.6) is 0 Å². The first-order chi connectivity index (χ1) is 8.36. The molecule has 3 aromatic rings. The summed E-state index contributed by atoms with van der Waals surface area (Å²) in [5, 5.41) is 1.21. The number of fused-ring (bicyclic) bond motifs is 1. The van der Waals surface area contributed by atoms with Crippen molar-refractivity contribution in [1.82, 2.24) is 9.97 Å². The number of benzene rings is 1. The predicted molar refractivity (Wildman–Crippen MR) is 70.1 cm³/mol. The van der Waals surface area contributed by atoms with Crippen LogP contribution in [0.2, 0.25) is 0 Å². The molecule has 2 heteroatoms. The lowest BCUT2D eigenvalue weighted by Crippen LogP contribution is -1.94. The van der Waals surface area contributed by atoms with Crippen molar-refractivity contribution in [2.75, 3.05) is 0 Å². The molecule has 0 saturated heterocycles. The lowest BCUT2D eigenvalue weighted by Gasteiger charge is -2.10. The minimum absolute atomic E-state index is 0.383. The lowest BCUT2D eigenvalue weighted by molar-refractivity contribution is 0.931. The van der Waals surface area contributed by atoms with E-state index in [1.807, 2.05) is 24.5 Å². The van der Waals surface area contributed by atoms with Gasteiger partial charge in [0.05, 0.1) is 0 Å². The molecule has 0 aliphatic heterocycles. The normalized spacial score (nSPS) is 12.8. The average molecular weight is 222 g/mol. The number of rotatable bonds is 2. The predicted octanol–water partition coefficient (Wildman–Crippen LogP) is 3.71. The SMILES string of the molecule is CC(c1ccccc1)c1c[nH]c2ccncc12. The van der Waals surface area contributed by atoms with Crippen molar-refractivity contribution < 1.29 is 0 Å². The Morgan fingerprint density at radius 1 is 1.12 bits per heavy atom. The summed E-state index contributed by atoms with van der Waals surface area (Å²) in [5.41, 5.74) is 3.79. The van der Waals surface area contributed by atoms with Gasteiger partial charge in [0.15, 0.2) is 0 Å². The molecule has 3 rings (SSSR count). The first-order valence-corrected chi connectivity index (χ1v) is 5.82. The van der Waals surface area contributed by atoms with Crippen LogP contribution in [0.4, 0.5) is 0 Å². The molecule has 0 spiro atoms. The second-order valence-corrected chi connectivity index (χ2v) is 4.30. The molecule has 0 aliphatic rings. The van der Waals surface area contributed by atoms with Crippen molar-refractivity contribution in [1.29, 1.82) is 0 Å². The molecular weight excluding hydrogens is 208 g/mol. The van der Waals surface area contributed by atoms with Crippen molar-refractivity contribution in [3.63, 3.8) is 0 Å². The van der Waals surface area contributed by atoms with Crippen LogP contribution in [0.3, 0.4) is 0 Å². The summed E-state index contributed by atoms with van der Waals surface area (Å²) in [6.45, 7) is 2.23. The number of hydrogen-bond acceptors (Lipinski definition) is 1. The molecule has 0 aliphatic carbocycles. The minimum Gasteiger partial charge on any atom is -0.361 e. The van der Waals surface area contributed by atoms with Crippen LogP contribution in [0.25, 0.3) is 10.9 Å². The van der Waals surface area contributed by atoms with Gasteiger partial charge < -0.3 is 4.98 Å². The zero-order valence-corrected chi connectivity index (χ0v) is 9.72. The van der Waals surface area contributed by atoms with Crippen LogP contribution in [-0.4, -0.2) is 9.97 Å². The summed E-state index contributed by atoms with van der Waals surface area (Å²) in [5.74, 6) is 0.383. The van der Waals surface area contributed by atoms with E-state index in [1.165, 1.54) is 16.5 Å². The molecule has 0 bridgehead atoms. The summed E-state index contributed by atoms with van der Waals surface area (Å²) in [7, 11) is 0. The van der Waals surface area contributed by atoms with E-state index in [0.29, 0.717) is 5.92 Å². The summed E-state index contributed by atoms with van der Waals surface area (Å²) >= 11 is 0. The molecule has 1 unspecified atom stereocenters. The van der Waals surface area contributed by atoms with Gasteiger partial charge in [-0.3, -0.25) is 4.98 Å². The zero-order chi connectivity index (χ0) is 11.7. The highest BCUT2D eigenvalue weighted by molar-refractivity contribution is 5.83. The zero-order valence-electron chi connectivity index (χ0n) is 9.72. The topological polar surface area (TPSA) is 28.7 Å². The van der Waals surface area contributed by atoms with Crippen molar-refractivity contribution in [3.8, 4) is 0 Å². The fraction of sp³-hybridized carbons (Fsp3) is 0.133. The maximum Gasteiger partial charge on any atom is 0.0488 e. The van der Waals surface area contributed by atoms with E-state index in [1.54, 1.807) is 0 Å². The Morgan fingerprint density at radius 3 is 2.76 bits per heavy atom. The van der Waals surface area contributed by atoms with E-state index < -0.39 is 0 Å². The van der Waals surface area contributed by atoms with Crippen molar-refractivity contribution in [3.05, 3.63) is 66.1 Å². The Balaban J connectivity index is 2.10. The Hall–Kier alpha value is -2.09. The highest BCUT2D eigenvalue weighted by Crippen LogP contribution is 2.29. The third-order valence-corrected chi connectivity index (χ3v) is 3.28. The first-order valence-electron chi connectivity index (χ1n) is 5.82. The second kappa shape index (κ2) is 4.06. The van der Waals surface area contributed by atoms with E-state index in [-0.39, 0.29) is 0 Å². The molecule has 0 amide bonds. The smallest absolute Gasteiger partial charge is 0.0488 e. The van der Waals surface area contributed by atoms with Crippen LogP contribution in [0.1, 0.15) is 24.0 Å². The Labute approximate surface area is 100 Å². The molecule has 17 heavy (non-hydrogen) atoms. The number of nitrogens with one attached hydrogen (secondary N) is 1. The summed E-state index contributed by atoms with van der Waals surface area (Å²) in [6.07, 6.45) is 5.83. The fourth-order valence-corrected chi connectivity index (χ4v) is 2.26. The molecule has 1 atom stereocenters. The second-order valence-electron chi connectivity index (χ2n) is 4.30. The summed E-state index contributed by atoms with van der Waals surface area (Å²) in [4.78, 5) is 7.50. The van der Waals surface area contributed by atoms with E-state index in [2.05, 4.69) is 47.4 Å². The summed E-state index contributed by atoms with van der Waals surface area (Å²) < 4.78 is 0. The van der Waals surface area contributed by atoms with E-state index in [4.69, 9.17) is 0 Å². The van der Waals surface area contributed by atoms with Gasteiger partial charge in [0.2, 0.25) is 0 Å². The highest BCUT2D eigenvalue weighted by Gasteiger charge is 2.12. The number of H-pyrrole nitrogens is 1. The number of hydrogen-bond donors (Lipinski definition) is 1. The number of pyridine rings is 1. The number of nitrogens with zero attached hydrogens (tertiary/aromatic N) is 1. The lowest BCUT2D eigenvalue weighted by atomic mass is 9.93. The quantitative estimate of drug-likeness (QED) is 0.703. The molecular formula is C15H14N2. The van der Waals surface area contributed by atoms with Crippen LogP contribution in [0.15, 0.2) is 55.0 Å². The maximum absolute atomic E-state index is 4.20. The van der Waals surface area contributed by atoms with E-state index in [0.717, 1.165) is 5.52 Å². The van der Waals surface area contributed by atoms with E-state index >= 15 is 0 Å². The first kappa shape index (κ1) is 10.1. The largest absolute Gasteiger partial charge is 0.361 e. The van der Waals surface area contributed by atoms with Gasteiger partial charge in [0, 0.05) is 35.4 Å². The van der Waals surface area contributed by atoms with Crippen LogP contribution in [0, 0.1) is 0 Å². The van der Waals surface area contributed by atoms with Crippen molar-refractivity contribution in [2.45, 2.75) is 12.8 Å². The molecule has 2 aromatic heterocycles. The third kappa shape index (κ3) is 1.72. The van der Waals surface area contributed by atoms with Gasteiger partial charge in [0.1, 0.15) is 0 Å². The molecule has 1 aromatic carbocycles. The molecule has 1 N–H and O–H groups in total. The van der Waals surface area contributed by atoms with E-state index in [9.17, 15) is 0 Å². The van der Waals surface area contributed by atoms with Gasteiger partial charge in [-0.1, -0.05) is 37.3 Å². The molecule has 2 heterocycles. The molecule has 0 fully saturated rings. The van der Waals surface area contributed by atoms with Gasteiger partial charge in [0.25, 0.3) is 0 Å². The van der Waals surface area contributed by atoms with Crippen molar-refractivity contribution >= 4 is 10.9 Å². The monoisotopic (exact) mass is 222 g/mol. The molecule has 84 valence electrons. The number of aromatic nitrogens is 2. The Bertz CT molecular complexity index is 625. The fourth-order valence-electron chi connectivity index (χ4n) is 2.26. The summed E-state index contributed by atoms with van der Waals surface area (Å²) in [6, 6.07) is 12.6. The Kier molecular flexibility index (Phi) is 2.41. The standard InChI is InChI=1S/C15H14N2/c1-11(12-5-3-2-4-6-12)13-10-17-15-7-8-16-9-14(13)15/h2-11,17H,1H3. The van der Waals surface area contributed by atoms with Crippen LogP contribution in [-0.2, 0) is 0 Å². The number of aromatic amines is 1. The van der Waals surface area contributed by atoms with Crippen molar-refractivity contribution in [2.24, 2.45) is 0 Å². The van der Waals surface area contributed by atoms with Gasteiger partial charge in [-0.2, -0.15) is 0 Å².